The van der Waals surface area contributed by atoms with Crippen molar-refractivity contribution in [3.63, 3.8) is 0 Å². The van der Waals surface area contributed by atoms with Gasteiger partial charge in [-0.1, -0.05) is 13.8 Å². The Labute approximate surface area is 120 Å². The van der Waals surface area contributed by atoms with Crippen molar-refractivity contribution in [2.75, 3.05) is 13.1 Å². The van der Waals surface area contributed by atoms with Gasteiger partial charge in [0, 0.05) is 13.1 Å². The lowest BCUT2D eigenvalue weighted by molar-refractivity contribution is -0.137. The maximum atomic E-state index is 13.1. The van der Waals surface area contributed by atoms with Crippen molar-refractivity contribution in [1.29, 1.82) is 0 Å². The smallest absolute Gasteiger partial charge is 0.355 e. The summed E-state index contributed by atoms with van der Waals surface area (Å²) in [5, 5.41) is 5.34. The van der Waals surface area contributed by atoms with Crippen LogP contribution in [0.15, 0.2) is 18.2 Å². The van der Waals surface area contributed by atoms with Crippen molar-refractivity contribution in [1.82, 2.24) is 10.6 Å². The van der Waals surface area contributed by atoms with Crippen molar-refractivity contribution in [2.24, 2.45) is 5.92 Å². The molecule has 7 heteroatoms. The Kier molecular flexibility index (Phi) is 6.14. The maximum absolute atomic E-state index is 13.1. The third-order valence-electron chi connectivity index (χ3n) is 2.61. The van der Waals surface area contributed by atoms with Crippen LogP contribution in [0.1, 0.15) is 25.0 Å². The van der Waals surface area contributed by atoms with E-state index >= 15 is 0 Å². The van der Waals surface area contributed by atoms with Crippen LogP contribution in [0.5, 0.6) is 0 Å². The standard InChI is InChI=1S/C14H18F4N2O/c1-9(2)6-20-13(21)8-19-7-10-3-11(14(16,17)18)5-12(15)4-10/h3-5,9,19H,6-8H2,1-2H3,(H,20,21). The summed E-state index contributed by atoms with van der Waals surface area (Å²) >= 11 is 0. The number of alkyl halides is 3. The summed E-state index contributed by atoms with van der Waals surface area (Å²) in [6.07, 6.45) is -4.59. The second kappa shape index (κ2) is 7.40. The van der Waals surface area contributed by atoms with Crippen LogP contribution in [0, 0.1) is 11.7 Å². The Morgan fingerprint density at radius 2 is 1.90 bits per heavy atom. The van der Waals surface area contributed by atoms with E-state index in [2.05, 4.69) is 10.6 Å². The molecule has 0 aliphatic heterocycles. The number of carbonyl (C=O) groups excluding carboxylic acids is 1. The van der Waals surface area contributed by atoms with Crippen molar-refractivity contribution < 1.29 is 22.4 Å². The van der Waals surface area contributed by atoms with Gasteiger partial charge in [-0.25, -0.2) is 4.39 Å². The fraction of sp³-hybridized carbons (Fsp3) is 0.500. The number of nitrogens with one attached hydrogen (secondary N) is 2. The summed E-state index contributed by atoms with van der Waals surface area (Å²) in [4.78, 5) is 11.4. The molecule has 0 saturated heterocycles. The van der Waals surface area contributed by atoms with Gasteiger partial charge in [-0.2, -0.15) is 13.2 Å². The van der Waals surface area contributed by atoms with E-state index in [9.17, 15) is 22.4 Å². The van der Waals surface area contributed by atoms with Crippen LogP contribution in [0.4, 0.5) is 17.6 Å². The summed E-state index contributed by atoms with van der Waals surface area (Å²) in [6.45, 7) is 4.36. The number of rotatable bonds is 6. The van der Waals surface area contributed by atoms with Crippen LogP contribution in [0.2, 0.25) is 0 Å². The maximum Gasteiger partial charge on any atom is 0.416 e. The van der Waals surface area contributed by atoms with E-state index in [0.29, 0.717) is 18.5 Å². The highest BCUT2D eigenvalue weighted by Gasteiger charge is 2.31. The number of hydrogen-bond acceptors (Lipinski definition) is 2. The number of halogens is 4. The summed E-state index contributed by atoms with van der Waals surface area (Å²) < 4.78 is 50.7. The van der Waals surface area contributed by atoms with E-state index in [1.165, 1.54) is 0 Å². The average molecular weight is 306 g/mol. The topological polar surface area (TPSA) is 41.1 Å². The van der Waals surface area contributed by atoms with Gasteiger partial charge in [-0.3, -0.25) is 4.79 Å². The largest absolute Gasteiger partial charge is 0.416 e. The molecule has 0 unspecified atom stereocenters. The lowest BCUT2D eigenvalue weighted by Crippen LogP contribution is -2.35. The number of benzene rings is 1. The molecule has 0 spiro atoms. The van der Waals surface area contributed by atoms with E-state index < -0.39 is 17.6 Å². The first-order valence-corrected chi connectivity index (χ1v) is 6.52. The second-order valence-corrected chi connectivity index (χ2v) is 5.15. The van der Waals surface area contributed by atoms with Crippen LogP contribution in [0.3, 0.4) is 0 Å². The molecular formula is C14H18F4N2O. The van der Waals surface area contributed by atoms with Crippen molar-refractivity contribution in [3.05, 3.63) is 35.1 Å². The Hall–Kier alpha value is -1.63. The first kappa shape index (κ1) is 17.4. The molecular weight excluding hydrogens is 288 g/mol. The Morgan fingerprint density at radius 3 is 2.48 bits per heavy atom. The highest BCUT2D eigenvalue weighted by atomic mass is 19.4. The second-order valence-electron chi connectivity index (χ2n) is 5.15. The fourth-order valence-corrected chi connectivity index (χ4v) is 1.62. The molecule has 0 bridgehead atoms. The lowest BCUT2D eigenvalue weighted by atomic mass is 10.1. The van der Waals surface area contributed by atoms with Crippen molar-refractivity contribution >= 4 is 5.91 Å². The van der Waals surface area contributed by atoms with Crippen molar-refractivity contribution in [3.8, 4) is 0 Å². The van der Waals surface area contributed by atoms with Gasteiger partial charge in [0.2, 0.25) is 5.91 Å². The van der Waals surface area contributed by atoms with E-state index in [-0.39, 0.29) is 24.6 Å². The molecule has 0 heterocycles. The summed E-state index contributed by atoms with van der Waals surface area (Å²) in [6, 6.07) is 2.31. The minimum Gasteiger partial charge on any atom is -0.355 e. The van der Waals surface area contributed by atoms with E-state index in [4.69, 9.17) is 0 Å². The Bertz CT molecular complexity index is 486. The number of hydrogen-bond donors (Lipinski definition) is 2. The van der Waals surface area contributed by atoms with Gasteiger partial charge in [-0.15, -0.1) is 0 Å². The molecule has 2 N–H and O–H groups in total. The van der Waals surface area contributed by atoms with Crippen LogP contribution >= 0.6 is 0 Å². The Morgan fingerprint density at radius 1 is 1.24 bits per heavy atom. The van der Waals surface area contributed by atoms with Gasteiger partial charge in [0.25, 0.3) is 0 Å². The molecule has 0 fully saturated rings. The Balaban J connectivity index is 2.52. The van der Waals surface area contributed by atoms with Crippen molar-refractivity contribution in [2.45, 2.75) is 26.6 Å². The minimum absolute atomic E-state index is 0.0179. The van der Waals surface area contributed by atoms with Gasteiger partial charge < -0.3 is 10.6 Å². The number of carbonyl (C=O) groups is 1. The predicted molar refractivity (Wildman–Crippen MR) is 71.0 cm³/mol. The summed E-state index contributed by atoms with van der Waals surface area (Å²) in [7, 11) is 0. The first-order chi connectivity index (χ1) is 9.68. The zero-order valence-electron chi connectivity index (χ0n) is 11.9. The average Bonchev–Trinajstić information content (AvgIpc) is 2.34. The van der Waals surface area contributed by atoms with Gasteiger partial charge in [0.1, 0.15) is 5.82 Å². The van der Waals surface area contributed by atoms with Gasteiger partial charge in [0.15, 0.2) is 0 Å². The third-order valence-corrected chi connectivity index (χ3v) is 2.61. The number of amides is 1. The molecule has 1 rings (SSSR count). The van der Waals surface area contributed by atoms with E-state index in [0.717, 1.165) is 12.1 Å². The fourth-order valence-electron chi connectivity index (χ4n) is 1.62. The van der Waals surface area contributed by atoms with Crippen LogP contribution < -0.4 is 10.6 Å². The van der Waals surface area contributed by atoms with Crippen LogP contribution in [-0.4, -0.2) is 19.0 Å². The minimum atomic E-state index is -4.59. The highest BCUT2D eigenvalue weighted by molar-refractivity contribution is 5.77. The van der Waals surface area contributed by atoms with Crippen LogP contribution in [-0.2, 0) is 17.5 Å². The quantitative estimate of drug-likeness (QED) is 0.794. The van der Waals surface area contributed by atoms with Gasteiger partial charge >= 0.3 is 6.18 Å². The zero-order valence-corrected chi connectivity index (χ0v) is 11.9. The molecule has 3 nitrogen and oxygen atoms in total. The van der Waals surface area contributed by atoms with E-state index in [1.54, 1.807) is 0 Å². The molecule has 0 aliphatic carbocycles. The lowest BCUT2D eigenvalue weighted by Gasteiger charge is -2.11. The molecule has 0 atom stereocenters. The van der Waals surface area contributed by atoms with Gasteiger partial charge in [0.05, 0.1) is 12.1 Å². The third kappa shape index (κ3) is 6.57. The van der Waals surface area contributed by atoms with Crippen LogP contribution in [0.25, 0.3) is 0 Å². The normalized spacial score (nSPS) is 11.8. The summed E-state index contributed by atoms with van der Waals surface area (Å²) in [5.74, 6) is -0.895. The molecule has 0 aliphatic rings. The molecule has 0 aromatic heterocycles. The molecule has 1 amide bonds. The monoisotopic (exact) mass is 306 g/mol. The molecule has 0 saturated carbocycles. The molecule has 118 valence electrons. The molecule has 1 aromatic rings. The summed E-state index contributed by atoms with van der Waals surface area (Å²) in [5.41, 5.74) is -0.900. The van der Waals surface area contributed by atoms with Gasteiger partial charge in [-0.05, 0) is 29.7 Å². The molecule has 1 aromatic carbocycles. The molecule has 0 radical (unpaired) electrons. The highest BCUT2D eigenvalue weighted by Crippen LogP contribution is 2.30. The zero-order chi connectivity index (χ0) is 16.0. The first-order valence-electron chi connectivity index (χ1n) is 6.52. The van der Waals surface area contributed by atoms with E-state index in [1.807, 2.05) is 13.8 Å². The SMILES string of the molecule is CC(C)CNC(=O)CNCc1cc(F)cc(C(F)(F)F)c1. The predicted octanol–water partition coefficient (Wildman–Crippen LogP) is 2.71. The molecule has 21 heavy (non-hydrogen) atoms.